The van der Waals surface area contributed by atoms with Crippen molar-refractivity contribution in [3.8, 4) is 0 Å². The molecule has 1 heterocycles. The summed E-state index contributed by atoms with van der Waals surface area (Å²) in [5.41, 5.74) is 0. The average molecular weight is 236 g/mol. The van der Waals surface area contributed by atoms with Gasteiger partial charge in [0.05, 0.1) is 6.20 Å². The first kappa shape index (κ1) is 10.7. The van der Waals surface area contributed by atoms with Crippen molar-refractivity contribution in [2.75, 3.05) is 5.32 Å². The highest BCUT2D eigenvalue weighted by molar-refractivity contribution is 7.15. The summed E-state index contributed by atoms with van der Waals surface area (Å²) < 4.78 is 36.8. The van der Waals surface area contributed by atoms with E-state index in [1.807, 2.05) is 6.92 Å². The quantitative estimate of drug-likeness (QED) is 0.870. The van der Waals surface area contributed by atoms with Gasteiger partial charge in [-0.3, -0.25) is 0 Å². The van der Waals surface area contributed by atoms with Crippen LogP contribution in [-0.2, 0) is 6.18 Å². The Morgan fingerprint density at radius 2 is 2.20 bits per heavy atom. The van der Waals surface area contributed by atoms with Crippen LogP contribution >= 0.6 is 11.3 Å². The van der Waals surface area contributed by atoms with E-state index in [0.717, 1.165) is 19.0 Å². The summed E-state index contributed by atoms with van der Waals surface area (Å²) in [5.74, 6) is 0.600. The first-order valence-electron chi connectivity index (χ1n) is 4.76. The summed E-state index contributed by atoms with van der Waals surface area (Å²) in [6.45, 7) is 1.98. The maximum atomic E-state index is 12.3. The van der Waals surface area contributed by atoms with Crippen LogP contribution in [-0.4, -0.2) is 11.0 Å². The predicted molar refractivity (Wildman–Crippen MR) is 52.9 cm³/mol. The number of nitrogens with one attached hydrogen (secondary N) is 1. The second-order valence-corrected chi connectivity index (χ2v) is 4.83. The van der Waals surface area contributed by atoms with E-state index in [-0.39, 0.29) is 6.04 Å². The lowest BCUT2D eigenvalue weighted by Gasteiger charge is -2.10. The monoisotopic (exact) mass is 236 g/mol. The third-order valence-electron chi connectivity index (χ3n) is 2.47. The molecule has 0 radical (unpaired) electrons. The van der Waals surface area contributed by atoms with Gasteiger partial charge in [-0.15, -0.1) is 0 Å². The second kappa shape index (κ2) is 3.66. The number of thiazole rings is 1. The highest BCUT2D eigenvalue weighted by Gasteiger charge is 2.34. The Labute approximate surface area is 89.5 Å². The van der Waals surface area contributed by atoms with Gasteiger partial charge in [-0.1, -0.05) is 11.3 Å². The van der Waals surface area contributed by atoms with Crippen LogP contribution in [0.2, 0.25) is 0 Å². The molecule has 0 bridgehead atoms. The normalized spacial score (nSPS) is 18.9. The van der Waals surface area contributed by atoms with Gasteiger partial charge >= 0.3 is 6.18 Å². The molecule has 15 heavy (non-hydrogen) atoms. The van der Waals surface area contributed by atoms with Crippen molar-refractivity contribution in [2.24, 2.45) is 5.92 Å². The van der Waals surface area contributed by atoms with Gasteiger partial charge < -0.3 is 5.32 Å². The maximum Gasteiger partial charge on any atom is 0.427 e. The van der Waals surface area contributed by atoms with Crippen LogP contribution < -0.4 is 5.32 Å². The molecule has 1 unspecified atom stereocenters. The molecule has 2 rings (SSSR count). The minimum absolute atomic E-state index is 0.220. The molecule has 0 saturated heterocycles. The topological polar surface area (TPSA) is 24.9 Å². The van der Waals surface area contributed by atoms with E-state index >= 15 is 0 Å². The molecule has 1 saturated carbocycles. The molecule has 1 aromatic rings. The van der Waals surface area contributed by atoms with E-state index in [9.17, 15) is 13.2 Å². The second-order valence-electron chi connectivity index (χ2n) is 3.80. The van der Waals surface area contributed by atoms with Gasteiger partial charge in [0, 0.05) is 6.04 Å². The molecule has 0 aliphatic heterocycles. The fourth-order valence-electron chi connectivity index (χ4n) is 1.38. The van der Waals surface area contributed by atoms with Crippen molar-refractivity contribution in [1.29, 1.82) is 0 Å². The third kappa shape index (κ3) is 2.62. The Morgan fingerprint density at radius 1 is 1.53 bits per heavy atom. The van der Waals surface area contributed by atoms with Gasteiger partial charge in [0.25, 0.3) is 0 Å². The first-order valence-corrected chi connectivity index (χ1v) is 5.58. The standard InChI is InChI=1S/C9H11F3N2S/c1-5(6-2-3-6)14-8-13-4-7(15-8)9(10,11)12/h4-6H,2-3H2,1H3,(H,13,14). The molecule has 1 fully saturated rings. The van der Waals surface area contributed by atoms with E-state index in [0.29, 0.717) is 22.4 Å². The summed E-state index contributed by atoms with van der Waals surface area (Å²) in [4.78, 5) is 3.07. The van der Waals surface area contributed by atoms with E-state index in [1.54, 1.807) is 0 Å². The van der Waals surface area contributed by atoms with E-state index < -0.39 is 11.1 Å². The van der Waals surface area contributed by atoms with Gasteiger partial charge in [0.1, 0.15) is 4.88 Å². The molecule has 2 nitrogen and oxygen atoms in total. The third-order valence-corrected chi connectivity index (χ3v) is 3.44. The highest BCUT2D eigenvalue weighted by Crippen LogP contribution is 2.37. The molecule has 6 heteroatoms. The largest absolute Gasteiger partial charge is 0.427 e. The molecule has 0 amide bonds. The molecule has 0 spiro atoms. The van der Waals surface area contributed by atoms with Gasteiger partial charge in [0.2, 0.25) is 0 Å². The molecular weight excluding hydrogens is 225 g/mol. The van der Waals surface area contributed by atoms with E-state index in [2.05, 4.69) is 10.3 Å². The zero-order chi connectivity index (χ0) is 11.1. The first-order chi connectivity index (χ1) is 6.97. The summed E-state index contributed by atoms with van der Waals surface area (Å²) in [5, 5.41) is 3.37. The molecule has 1 aromatic heterocycles. The summed E-state index contributed by atoms with van der Waals surface area (Å²) in [6, 6.07) is 0.220. The van der Waals surface area contributed by atoms with E-state index in [1.165, 1.54) is 0 Å². The molecule has 84 valence electrons. The Morgan fingerprint density at radius 3 is 2.67 bits per heavy atom. The highest BCUT2D eigenvalue weighted by atomic mass is 32.1. The minimum Gasteiger partial charge on any atom is -0.359 e. The average Bonchev–Trinajstić information content (AvgIpc) is 2.86. The summed E-state index contributed by atoms with van der Waals surface area (Å²) in [6.07, 6.45) is -1.08. The summed E-state index contributed by atoms with van der Waals surface area (Å²) >= 11 is 0.666. The Hall–Kier alpha value is -0.780. The SMILES string of the molecule is CC(Nc1ncc(C(F)(F)F)s1)C1CC1. The molecule has 1 N–H and O–H groups in total. The van der Waals surface area contributed by atoms with Crippen molar-refractivity contribution >= 4 is 16.5 Å². The molecular formula is C9H11F3N2S. The van der Waals surface area contributed by atoms with Crippen LogP contribution in [0.1, 0.15) is 24.6 Å². The van der Waals surface area contributed by atoms with Crippen LogP contribution in [0.4, 0.5) is 18.3 Å². The lowest BCUT2D eigenvalue weighted by atomic mass is 10.2. The number of aromatic nitrogens is 1. The van der Waals surface area contributed by atoms with Crippen molar-refractivity contribution in [1.82, 2.24) is 4.98 Å². The molecule has 1 atom stereocenters. The Balaban J connectivity index is 2.00. The number of anilines is 1. The summed E-state index contributed by atoms with van der Waals surface area (Å²) in [7, 11) is 0. The van der Waals surface area contributed by atoms with Crippen molar-refractivity contribution in [3.63, 3.8) is 0 Å². The fourth-order valence-corrected chi connectivity index (χ4v) is 2.16. The number of nitrogens with zero attached hydrogens (tertiary/aromatic N) is 1. The number of hydrogen-bond acceptors (Lipinski definition) is 3. The molecule has 1 aliphatic carbocycles. The number of halogens is 3. The van der Waals surface area contributed by atoms with Crippen LogP contribution in [0.25, 0.3) is 0 Å². The smallest absolute Gasteiger partial charge is 0.359 e. The van der Waals surface area contributed by atoms with Crippen LogP contribution in [0.3, 0.4) is 0 Å². The van der Waals surface area contributed by atoms with E-state index in [4.69, 9.17) is 0 Å². The van der Waals surface area contributed by atoms with Crippen LogP contribution in [0, 0.1) is 5.92 Å². The lowest BCUT2D eigenvalue weighted by Crippen LogP contribution is -2.16. The van der Waals surface area contributed by atoms with Crippen LogP contribution in [0.5, 0.6) is 0 Å². The zero-order valence-electron chi connectivity index (χ0n) is 8.14. The Kier molecular flexibility index (Phi) is 2.62. The number of alkyl halides is 3. The predicted octanol–water partition coefficient (Wildman–Crippen LogP) is 3.37. The van der Waals surface area contributed by atoms with Crippen molar-refractivity contribution in [2.45, 2.75) is 32.0 Å². The lowest BCUT2D eigenvalue weighted by molar-refractivity contribution is -0.134. The number of rotatable bonds is 3. The fraction of sp³-hybridized carbons (Fsp3) is 0.667. The molecule has 1 aliphatic rings. The van der Waals surface area contributed by atoms with Gasteiger partial charge in [-0.2, -0.15) is 13.2 Å². The minimum atomic E-state index is -4.28. The Bertz CT molecular complexity index is 343. The van der Waals surface area contributed by atoms with Crippen molar-refractivity contribution < 1.29 is 13.2 Å². The zero-order valence-corrected chi connectivity index (χ0v) is 8.95. The van der Waals surface area contributed by atoms with Gasteiger partial charge in [-0.05, 0) is 25.7 Å². The number of hydrogen-bond donors (Lipinski definition) is 1. The van der Waals surface area contributed by atoms with Crippen molar-refractivity contribution in [3.05, 3.63) is 11.1 Å². The van der Waals surface area contributed by atoms with Gasteiger partial charge in [0.15, 0.2) is 5.13 Å². The molecule has 0 aromatic carbocycles. The maximum absolute atomic E-state index is 12.3. The van der Waals surface area contributed by atoms with Gasteiger partial charge in [-0.25, -0.2) is 4.98 Å². The van der Waals surface area contributed by atoms with Crippen LogP contribution in [0.15, 0.2) is 6.20 Å².